The van der Waals surface area contributed by atoms with E-state index in [1.165, 1.54) is 0 Å². The lowest BCUT2D eigenvalue weighted by Crippen LogP contribution is -2.20. The van der Waals surface area contributed by atoms with Gasteiger partial charge in [0, 0.05) is 6.04 Å². The molecular formula is C12H19N3O2. The fourth-order valence-electron chi connectivity index (χ4n) is 2.02. The van der Waals surface area contributed by atoms with Crippen molar-refractivity contribution < 1.29 is 9.53 Å². The van der Waals surface area contributed by atoms with Gasteiger partial charge in [-0.05, 0) is 26.2 Å². The zero-order valence-electron chi connectivity index (χ0n) is 10.4. The molecule has 1 heterocycles. The highest BCUT2D eigenvalue weighted by atomic mass is 16.5. The number of carbonyl (C=O) groups is 1. The van der Waals surface area contributed by atoms with E-state index in [0.29, 0.717) is 12.6 Å². The molecule has 1 aliphatic carbocycles. The Labute approximate surface area is 101 Å². The van der Waals surface area contributed by atoms with Gasteiger partial charge in [-0.25, -0.2) is 0 Å². The van der Waals surface area contributed by atoms with Gasteiger partial charge in [-0.15, -0.1) is 10.2 Å². The SMILES string of the molecule is CCCC(C(=O)OCC)c1nncn1C1CC1. The van der Waals surface area contributed by atoms with Gasteiger partial charge in [-0.1, -0.05) is 13.3 Å². The quantitative estimate of drug-likeness (QED) is 0.711. The number of hydrogen-bond donors (Lipinski definition) is 0. The lowest BCUT2D eigenvalue weighted by atomic mass is 10.0. The number of hydrogen-bond acceptors (Lipinski definition) is 4. The van der Waals surface area contributed by atoms with E-state index in [-0.39, 0.29) is 11.9 Å². The molecule has 1 aliphatic rings. The Morgan fingerprint density at radius 2 is 2.35 bits per heavy atom. The third-order valence-electron chi connectivity index (χ3n) is 3.00. The third-order valence-corrected chi connectivity index (χ3v) is 3.00. The Morgan fingerprint density at radius 1 is 1.59 bits per heavy atom. The lowest BCUT2D eigenvalue weighted by molar-refractivity contribution is -0.145. The molecule has 5 nitrogen and oxygen atoms in total. The van der Waals surface area contributed by atoms with Crippen molar-refractivity contribution in [3.63, 3.8) is 0 Å². The van der Waals surface area contributed by atoms with Gasteiger partial charge < -0.3 is 9.30 Å². The van der Waals surface area contributed by atoms with Crippen LogP contribution in [0, 0.1) is 0 Å². The van der Waals surface area contributed by atoms with Crippen molar-refractivity contribution in [2.24, 2.45) is 0 Å². The standard InChI is InChI=1S/C12H19N3O2/c1-3-5-10(12(16)17-4-2)11-14-13-8-15(11)9-6-7-9/h8-10H,3-7H2,1-2H3. The van der Waals surface area contributed by atoms with Crippen LogP contribution in [0.25, 0.3) is 0 Å². The van der Waals surface area contributed by atoms with Crippen LogP contribution in [0.2, 0.25) is 0 Å². The molecule has 0 radical (unpaired) electrons. The summed E-state index contributed by atoms with van der Waals surface area (Å²) in [6.45, 7) is 4.30. The van der Waals surface area contributed by atoms with Gasteiger partial charge in [0.25, 0.3) is 0 Å². The summed E-state index contributed by atoms with van der Waals surface area (Å²) in [4.78, 5) is 11.9. The molecule has 0 aliphatic heterocycles. The molecule has 94 valence electrons. The van der Waals surface area contributed by atoms with Crippen LogP contribution in [0.4, 0.5) is 0 Å². The average molecular weight is 237 g/mol. The molecule has 1 atom stereocenters. The predicted octanol–water partition coefficient (Wildman–Crippen LogP) is 2.06. The van der Waals surface area contributed by atoms with Gasteiger partial charge in [0.05, 0.1) is 6.61 Å². The minimum atomic E-state index is -0.261. The number of esters is 1. The Balaban J connectivity index is 2.18. The maximum absolute atomic E-state index is 11.9. The molecule has 5 heteroatoms. The number of aromatic nitrogens is 3. The molecule has 0 spiro atoms. The van der Waals surface area contributed by atoms with Crippen LogP contribution in [0.15, 0.2) is 6.33 Å². The average Bonchev–Trinajstić information content (AvgIpc) is 3.05. The normalized spacial score (nSPS) is 16.8. The molecule has 1 aromatic rings. The first-order chi connectivity index (χ1) is 8.27. The highest BCUT2D eigenvalue weighted by molar-refractivity contribution is 5.77. The predicted molar refractivity (Wildman–Crippen MR) is 62.6 cm³/mol. The van der Waals surface area contributed by atoms with Crippen LogP contribution in [-0.2, 0) is 9.53 Å². The summed E-state index contributed by atoms with van der Waals surface area (Å²) in [5.41, 5.74) is 0. The highest BCUT2D eigenvalue weighted by Gasteiger charge is 2.32. The Hall–Kier alpha value is -1.39. The first-order valence-electron chi connectivity index (χ1n) is 6.34. The Kier molecular flexibility index (Phi) is 3.76. The van der Waals surface area contributed by atoms with Crippen molar-refractivity contribution in [3.05, 3.63) is 12.2 Å². The summed E-state index contributed by atoms with van der Waals surface area (Å²) in [5, 5.41) is 8.05. The molecule has 0 aromatic carbocycles. The van der Waals surface area contributed by atoms with Crippen LogP contribution in [0.1, 0.15) is 57.3 Å². The number of ether oxygens (including phenoxy) is 1. The van der Waals surface area contributed by atoms with Gasteiger partial charge >= 0.3 is 5.97 Å². The topological polar surface area (TPSA) is 57.0 Å². The monoisotopic (exact) mass is 237 g/mol. The fraction of sp³-hybridized carbons (Fsp3) is 0.750. The maximum Gasteiger partial charge on any atom is 0.316 e. The molecule has 1 unspecified atom stereocenters. The van der Waals surface area contributed by atoms with Gasteiger partial charge in [0.2, 0.25) is 0 Å². The summed E-state index contributed by atoms with van der Waals surface area (Å²) in [6.07, 6.45) is 5.75. The minimum Gasteiger partial charge on any atom is -0.465 e. The highest BCUT2D eigenvalue weighted by Crippen LogP contribution is 2.37. The van der Waals surface area contributed by atoms with Crippen molar-refractivity contribution in [2.45, 2.75) is 51.5 Å². The van der Waals surface area contributed by atoms with Gasteiger partial charge in [0.1, 0.15) is 18.1 Å². The summed E-state index contributed by atoms with van der Waals surface area (Å²) in [6, 6.07) is 0.494. The number of carbonyl (C=O) groups excluding carboxylic acids is 1. The second-order valence-electron chi connectivity index (χ2n) is 4.42. The number of rotatable bonds is 6. The van der Waals surface area contributed by atoms with Crippen molar-refractivity contribution in [1.82, 2.24) is 14.8 Å². The zero-order chi connectivity index (χ0) is 12.3. The van der Waals surface area contributed by atoms with E-state index in [9.17, 15) is 4.79 Å². The van der Waals surface area contributed by atoms with E-state index in [1.807, 2.05) is 11.5 Å². The van der Waals surface area contributed by atoms with Gasteiger partial charge in [-0.3, -0.25) is 4.79 Å². The zero-order valence-corrected chi connectivity index (χ0v) is 10.4. The van der Waals surface area contributed by atoms with Crippen LogP contribution >= 0.6 is 0 Å². The molecule has 1 fully saturated rings. The molecule has 0 N–H and O–H groups in total. The van der Waals surface area contributed by atoms with E-state index in [2.05, 4.69) is 17.1 Å². The second-order valence-corrected chi connectivity index (χ2v) is 4.42. The third kappa shape index (κ3) is 2.65. The molecule has 0 saturated heterocycles. The maximum atomic E-state index is 11.9. The molecule has 1 aromatic heterocycles. The molecule has 0 amide bonds. The summed E-state index contributed by atoms with van der Waals surface area (Å²) < 4.78 is 7.15. The molecule has 1 saturated carbocycles. The summed E-state index contributed by atoms with van der Waals surface area (Å²) >= 11 is 0. The molecule has 0 bridgehead atoms. The van der Waals surface area contributed by atoms with Crippen molar-refractivity contribution in [2.75, 3.05) is 6.61 Å². The van der Waals surface area contributed by atoms with E-state index in [1.54, 1.807) is 6.33 Å². The van der Waals surface area contributed by atoms with Crippen LogP contribution < -0.4 is 0 Å². The van der Waals surface area contributed by atoms with Crippen LogP contribution in [0.3, 0.4) is 0 Å². The van der Waals surface area contributed by atoms with Crippen molar-refractivity contribution in [1.29, 1.82) is 0 Å². The first-order valence-corrected chi connectivity index (χ1v) is 6.34. The lowest BCUT2D eigenvalue weighted by Gasteiger charge is -2.15. The Morgan fingerprint density at radius 3 is 2.94 bits per heavy atom. The molecule has 2 rings (SSSR count). The fourth-order valence-corrected chi connectivity index (χ4v) is 2.02. The van der Waals surface area contributed by atoms with Gasteiger partial charge in [0.15, 0.2) is 0 Å². The largest absolute Gasteiger partial charge is 0.465 e. The Bertz CT molecular complexity index is 385. The van der Waals surface area contributed by atoms with E-state index in [4.69, 9.17) is 4.74 Å². The molecule has 17 heavy (non-hydrogen) atoms. The van der Waals surface area contributed by atoms with E-state index < -0.39 is 0 Å². The van der Waals surface area contributed by atoms with Crippen LogP contribution in [-0.4, -0.2) is 27.3 Å². The molecular weight excluding hydrogens is 218 g/mol. The summed E-state index contributed by atoms with van der Waals surface area (Å²) in [7, 11) is 0. The minimum absolute atomic E-state index is 0.177. The first kappa shape index (κ1) is 12.1. The van der Waals surface area contributed by atoms with Crippen LogP contribution in [0.5, 0.6) is 0 Å². The number of nitrogens with zero attached hydrogens (tertiary/aromatic N) is 3. The summed E-state index contributed by atoms with van der Waals surface area (Å²) in [5.74, 6) is 0.333. The smallest absolute Gasteiger partial charge is 0.316 e. The van der Waals surface area contributed by atoms with Crippen molar-refractivity contribution in [3.8, 4) is 0 Å². The van der Waals surface area contributed by atoms with E-state index >= 15 is 0 Å². The van der Waals surface area contributed by atoms with Gasteiger partial charge in [-0.2, -0.15) is 0 Å². The van der Waals surface area contributed by atoms with Crippen molar-refractivity contribution >= 4 is 5.97 Å². The van der Waals surface area contributed by atoms with E-state index in [0.717, 1.165) is 31.5 Å². The second kappa shape index (κ2) is 5.29.